The molecule has 51 heavy (non-hydrogen) atoms. The Balaban J connectivity index is 1.58. The van der Waals surface area contributed by atoms with Crippen LogP contribution in [0.3, 0.4) is 0 Å². The quantitative estimate of drug-likeness (QED) is 0.141. The summed E-state index contributed by atoms with van der Waals surface area (Å²) in [4.78, 5) is 44.5. The van der Waals surface area contributed by atoms with Gasteiger partial charge in [-0.25, -0.2) is 14.6 Å². The van der Waals surface area contributed by atoms with Gasteiger partial charge in [0.2, 0.25) is 0 Å². The first-order chi connectivity index (χ1) is 24.5. The normalized spacial score (nSPS) is 14.0. The minimum Gasteiger partial charge on any atom is -0.493 e. The Hall–Kier alpha value is -4.30. The number of thiazole rings is 1. The SMILES string of the molecule is CCOC(=O)C1=C(C)N=c2s/c(=C\c3cc(OC)c(OCc4ccc(Cl)cc4Cl)cc3Br)c(=O)n2[C@@H]1c1ccc(OCC(=O)OC)c(OCC)c1. The van der Waals surface area contributed by atoms with Gasteiger partial charge in [0.25, 0.3) is 5.56 Å². The number of allylic oxidation sites excluding steroid dienone is 1. The third kappa shape index (κ3) is 8.44. The summed E-state index contributed by atoms with van der Waals surface area (Å²) in [6.07, 6.45) is 1.71. The first-order valence-electron chi connectivity index (χ1n) is 15.6. The zero-order chi connectivity index (χ0) is 36.8. The van der Waals surface area contributed by atoms with E-state index in [1.807, 2.05) is 0 Å². The van der Waals surface area contributed by atoms with Crippen molar-refractivity contribution in [1.29, 1.82) is 0 Å². The molecule has 0 saturated carbocycles. The Bertz CT molecular complexity index is 2200. The highest BCUT2D eigenvalue weighted by Gasteiger charge is 2.34. The molecule has 2 heterocycles. The summed E-state index contributed by atoms with van der Waals surface area (Å²) in [6.45, 7) is 5.45. The number of nitrogens with zero attached hydrogens (tertiary/aromatic N) is 2. The number of hydrogen-bond donors (Lipinski definition) is 0. The summed E-state index contributed by atoms with van der Waals surface area (Å²) < 4.78 is 35.7. The molecule has 0 unspecified atom stereocenters. The van der Waals surface area contributed by atoms with Crippen molar-refractivity contribution in [1.82, 2.24) is 4.57 Å². The Morgan fingerprint density at radius 1 is 0.961 bits per heavy atom. The predicted molar refractivity (Wildman–Crippen MR) is 197 cm³/mol. The summed E-state index contributed by atoms with van der Waals surface area (Å²) in [5.74, 6) is 0.317. The lowest BCUT2D eigenvalue weighted by atomic mass is 9.95. The number of carbonyl (C=O) groups is 2. The van der Waals surface area contributed by atoms with Crippen molar-refractivity contribution in [3.05, 3.63) is 111 Å². The van der Waals surface area contributed by atoms with Gasteiger partial charge in [0.05, 0.1) is 49.3 Å². The molecule has 11 nitrogen and oxygen atoms in total. The Morgan fingerprint density at radius 3 is 2.41 bits per heavy atom. The van der Waals surface area contributed by atoms with Crippen LogP contribution in [-0.2, 0) is 25.7 Å². The number of rotatable bonds is 13. The average Bonchev–Trinajstić information content (AvgIpc) is 3.41. The van der Waals surface area contributed by atoms with E-state index in [0.717, 1.165) is 5.56 Å². The van der Waals surface area contributed by atoms with E-state index in [2.05, 4.69) is 25.7 Å². The van der Waals surface area contributed by atoms with Gasteiger partial charge in [0, 0.05) is 20.1 Å². The molecule has 0 aliphatic carbocycles. The summed E-state index contributed by atoms with van der Waals surface area (Å²) >= 11 is 17.1. The first-order valence-corrected chi connectivity index (χ1v) is 18.0. The molecular weight excluding hydrogens is 787 g/mol. The van der Waals surface area contributed by atoms with Crippen LogP contribution in [0.1, 0.15) is 43.5 Å². The molecule has 1 aromatic heterocycles. The summed E-state index contributed by atoms with van der Waals surface area (Å²) in [5, 5.41) is 0.997. The maximum atomic E-state index is 14.3. The summed E-state index contributed by atoms with van der Waals surface area (Å²) in [6, 6.07) is 12.7. The molecule has 0 bridgehead atoms. The van der Waals surface area contributed by atoms with E-state index in [9.17, 15) is 14.4 Å². The number of carbonyl (C=O) groups excluding carboxylic acids is 2. The van der Waals surface area contributed by atoms with Crippen molar-refractivity contribution in [2.45, 2.75) is 33.4 Å². The van der Waals surface area contributed by atoms with Gasteiger partial charge < -0.3 is 28.4 Å². The van der Waals surface area contributed by atoms with E-state index in [1.54, 1.807) is 75.4 Å². The molecule has 0 radical (unpaired) electrons. The van der Waals surface area contributed by atoms with Gasteiger partial charge in [-0.05, 0) is 74.4 Å². The molecule has 15 heteroatoms. The molecule has 4 aromatic rings. The smallest absolute Gasteiger partial charge is 0.343 e. The van der Waals surface area contributed by atoms with Crippen LogP contribution in [0, 0.1) is 0 Å². The van der Waals surface area contributed by atoms with E-state index < -0.39 is 18.0 Å². The highest BCUT2D eigenvalue weighted by atomic mass is 79.9. The van der Waals surface area contributed by atoms with Crippen LogP contribution in [0.25, 0.3) is 6.08 Å². The van der Waals surface area contributed by atoms with E-state index in [1.165, 1.54) is 30.1 Å². The zero-order valence-corrected chi connectivity index (χ0v) is 32.1. The standard InChI is InChI=1S/C36H33BrCl2N2O9S/c1-6-47-28-12-20(9-11-26(28)50-18-31(42)46-5)33-32(35(44)48-7-2)19(3)40-36-41(33)34(43)30(51-36)14-22-13-27(45-4)29(16-24(22)37)49-17-21-8-10-23(38)15-25(21)39/h8-16,33H,6-7,17-18H2,1-5H3/b30-14-/t33-/m1/s1. The lowest BCUT2D eigenvalue weighted by Crippen LogP contribution is -2.40. The second kappa shape index (κ2) is 16.8. The fraction of sp³-hybridized carbons (Fsp3) is 0.278. The Kier molecular flexibility index (Phi) is 12.5. The second-order valence-corrected chi connectivity index (χ2v) is 13.6. The fourth-order valence-electron chi connectivity index (χ4n) is 5.25. The van der Waals surface area contributed by atoms with Gasteiger partial charge >= 0.3 is 11.9 Å². The number of ether oxygens (including phenoxy) is 6. The summed E-state index contributed by atoms with van der Waals surface area (Å²) in [5.41, 5.74) is 2.14. The topological polar surface area (TPSA) is 124 Å². The number of hydrogen-bond acceptors (Lipinski definition) is 11. The fourth-order valence-corrected chi connectivity index (χ4v) is 7.19. The van der Waals surface area contributed by atoms with Crippen LogP contribution in [0.4, 0.5) is 0 Å². The van der Waals surface area contributed by atoms with Gasteiger partial charge in [0.1, 0.15) is 6.61 Å². The molecule has 268 valence electrons. The van der Waals surface area contributed by atoms with E-state index in [4.69, 9.17) is 46.9 Å². The number of fused-ring (bicyclic) bond motifs is 1. The number of methoxy groups -OCH3 is 2. The third-order valence-electron chi connectivity index (χ3n) is 7.64. The minimum atomic E-state index is -0.912. The Morgan fingerprint density at radius 2 is 1.73 bits per heavy atom. The minimum absolute atomic E-state index is 0.125. The molecule has 0 saturated heterocycles. The lowest BCUT2D eigenvalue weighted by molar-refractivity contribution is -0.143. The monoisotopic (exact) mass is 818 g/mol. The molecule has 3 aromatic carbocycles. The number of esters is 2. The van der Waals surface area contributed by atoms with Crippen LogP contribution in [0.2, 0.25) is 10.0 Å². The molecule has 5 rings (SSSR count). The van der Waals surface area contributed by atoms with E-state index in [0.29, 0.717) is 63.7 Å². The van der Waals surface area contributed by atoms with Crippen LogP contribution in [0.5, 0.6) is 23.0 Å². The van der Waals surface area contributed by atoms with E-state index >= 15 is 0 Å². The number of aromatic nitrogens is 1. The molecule has 1 aliphatic rings. The summed E-state index contributed by atoms with van der Waals surface area (Å²) in [7, 11) is 2.78. The van der Waals surface area contributed by atoms with E-state index in [-0.39, 0.29) is 37.6 Å². The van der Waals surface area contributed by atoms with Crippen LogP contribution >= 0.6 is 50.5 Å². The van der Waals surface area contributed by atoms with Gasteiger partial charge in [0.15, 0.2) is 34.4 Å². The molecule has 1 atom stereocenters. The van der Waals surface area contributed by atoms with Gasteiger partial charge in [-0.15, -0.1) is 0 Å². The average molecular weight is 821 g/mol. The van der Waals surface area contributed by atoms with Crippen molar-refractivity contribution in [3.63, 3.8) is 0 Å². The van der Waals surface area contributed by atoms with Crippen LogP contribution in [0.15, 0.2) is 74.1 Å². The van der Waals surface area contributed by atoms with Crippen molar-refractivity contribution < 1.29 is 38.0 Å². The maximum Gasteiger partial charge on any atom is 0.343 e. The Labute approximate surface area is 315 Å². The van der Waals surface area contributed by atoms with Gasteiger partial charge in [-0.3, -0.25) is 9.36 Å². The molecule has 1 aliphatic heterocycles. The van der Waals surface area contributed by atoms with Crippen molar-refractivity contribution in [2.75, 3.05) is 34.0 Å². The number of benzene rings is 3. The van der Waals surface area contributed by atoms with Crippen molar-refractivity contribution in [3.8, 4) is 23.0 Å². The molecule has 0 amide bonds. The predicted octanol–water partition coefficient (Wildman–Crippen LogP) is 6.41. The molecule has 0 spiro atoms. The van der Waals surface area contributed by atoms with Crippen LogP contribution in [-0.4, -0.2) is 50.5 Å². The largest absolute Gasteiger partial charge is 0.493 e. The zero-order valence-electron chi connectivity index (χ0n) is 28.2. The third-order valence-corrected chi connectivity index (χ3v) is 9.90. The first kappa shape index (κ1) is 37.9. The van der Waals surface area contributed by atoms with Gasteiger partial charge in [-0.1, -0.05) is 62.6 Å². The van der Waals surface area contributed by atoms with Crippen molar-refractivity contribution in [2.24, 2.45) is 4.99 Å². The van der Waals surface area contributed by atoms with Crippen molar-refractivity contribution >= 4 is 68.5 Å². The second-order valence-electron chi connectivity index (χ2n) is 10.9. The maximum absolute atomic E-state index is 14.3. The highest BCUT2D eigenvalue weighted by molar-refractivity contribution is 9.10. The van der Waals surface area contributed by atoms with Crippen LogP contribution < -0.4 is 33.8 Å². The lowest BCUT2D eigenvalue weighted by Gasteiger charge is -2.25. The molecular formula is C36H33BrCl2N2O9S. The number of halogens is 3. The highest BCUT2D eigenvalue weighted by Crippen LogP contribution is 2.37. The van der Waals surface area contributed by atoms with Gasteiger partial charge in [-0.2, -0.15) is 0 Å². The molecule has 0 fully saturated rings. The molecule has 0 N–H and O–H groups in total.